The molecule has 0 heterocycles. The van der Waals surface area contributed by atoms with E-state index in [4.69, 9.17) is 30.0 Å². The van der Waals surface area contributed by atoms with Crippen molar-refractivity contribution in [2.24, 2.45) is 0 Å². The Morgan fingerprint density at radius 3 is 1.00 bits per heavy atom. The molecular weight excluding hydrogens is 182 g/mol. The van der Waals surface area contributed by atoms with Crippen LogP contribution in [-0.2, 0) is 0 Å². The van der Waals surface area contributed by atoms with Gasteiger partial charge in [-0.15, -0.1) is 0 Å². The molecule has 0 saturated carbocycles. The zero-order chi connectivity index (χ0) is 7.15. The Balaban J connectivity index is -0.0000000300. The van der Waals surface area contributed by atoms with Crippen LogP contribution in [0.25, 0.3) is 0 Å². The van der Waals surface area contributed by atoms with Crippen molar-refractivity contribution in [2.45, 2.75) is 0 Å². The van der Waals surface area contributed by atoms with Crippen molar-refractivity contribution in [3.8, 4) is 0 Å². The van der Waals surface area contributed by atoms with Crippen molar-refractivity contribution in [2.75, 3.05) is 0 Å². The fourth-order valence-electron chi connectivity index (χ4n) is 0. The molecule has 0 aromatic rings. The first-order valence-corrected chi connectivity index (χ1v) is 1.26. The van der Waals surface area contributed by atoms with E-state index in [2.05, 4.69) is 0 Å². The Labute approximate surface area is 121 Å². The Morgan fingerprint density at radius 2 is 1.00 bits per heavy atom. The van der Waals surface area contributed by atoms with Crippen molar-refractivity contribution in [1.82, 2.24) is 0 Å². The molecule has 2 N–H and O–H groups in total. The zero-order valence-electron chi connectivity index (χ0n) is 5.53. The molecule has 0 atom stereocenters. The summed E-state index contributed by atoms with van der Waals surface area (Å²) in [6.07, 6.45) is -4.17. The van der Waals surface area contributed by atoms with Gasteiger partial charge in [0.1, 0.15) is 0 Å². The van der Waals surface area contributed by atoms with E-state index >= 15 is 0 Å². The molecular formula is C2H2KNaO6. The normalized spacial score (nSPS) is 4.80. The van der Waals surface area contributed by atoms with Gasteiger partial charge in [0.15, 0.2) is 0 Å². The average Bonchev–Trinajstić information content (AvgIpc) is 1.25. The van der Waals surface area contributed by atoms with Crippen LogP contribution in [0.1, 0.15) is 0 Å². The van der Waals surface area contributed by atoms with Crippen LogP contribution in [0.3, 0.4) is 0 Å². The standard InChI is InChI=1S/2CH2O3.K.Na/c2*2-1(3)4;;/h2*(H2,2,3,4);;/q;;2*+1/p-2. The summed E-state index contributed by atoms with van der Waals surface area (Å²) in [4.78, 5) is 16.9. The summed E-state index contributed by atoms with van der Waals surface area (Å²) in [5.41, 5.74) is 0. The number of rotatable bonds is 0. The minimum absolute atomic E-state index is 0. The number of carbonyl (C=O) groups is 2. The van der Waals surface area contributed by atoms with Gasteiger partial charge in [0.25, 0.3) is 0 Å². The number of carboxylic acid groups (broad SMARTS) is 4. The van der Waals surface area contributed by atoms with E-state index in [1.807, 2.05) is 0 Å². The summed E-state index contributed by atoms with van der Waals surface area (Å²) in [6.45, 7) is 0. The monoisotopic (exact) mass is 184 g/mol. The zero-order valence-corrected chi connectivity index (χ0v) is 10.7. The molecule has 0 aliphatic heterocycles. The molecule has 0 rings (SSSR count). The molecule has 6 nitrogen and oxygen atoms in total. The van der Waals surface area contributed by atoms with Gasteiger partial charge < -0.3 is 30.0 Å². The van der Waals surface area contributed by atoms with Crippen LogP contribution in [-0.4, -0.2) is 22.5 Å². The first kappa shape index (κ1) is 22.5. The Morgan fingerprint density at radius 1 is 1.00 bits per heavy atom. The van der Waals surface area contributed by atoms with Gasteiger partial charge in [-0.1, -0.05) is 0 Å². The summed E-state index contributed by atoms with van der Waals surface area (Å²) < 4.78 is 0. The molecule has 0 spiro atoms. The maximum absolute atomic E-state index is 8.44. The van der Waals surface area contributed by atoms with Gasteiger partial charge in [0.05, 0.1) is 0 Å². The fourth-order valence-corrected chi connectivity index (χ4v) is 0. The molecule has 0 aromatic heterocycles. The van der Waals surface area contributed by atoms with Crippen molar-refractivity contribution >= 4 is 12.3 Å². The smallest absolute Gasteiger partial charge is 0.565 e. The summed E-state index contributed by atoms with van der Waals surface area (Å²) >= 11 is 0. The van der Waals surface area contributed by atoms with Gasteiger partial charge in [0, 0.05) is 0 Å². The summed E-state index contributed by atoms with van der Waals surface area (Å²) in [5, 5.41) is 30.6. The second kappa shape index (κ2) is 16.6. The fraction of sp³-hybridized carbons (Fsp3) is 0. The minimum Gasteiger partial charge on any atom is -0.565 e. The molecule has 0 aliphatic carbocycles. The van der Waals surface area contributed by atoms with Gasteiger partial charge in [0.2, 0.25) is 12.3 Å². The third-order valence-electron chi connectivity index (χ3n) is 0. The second-order valence-electron chi connectivity index (χ2n) is 0.532. The molecule has 0 amide bonds. The Kier molecular flexibility index (Phi) is 37.4. The van der Waals surface area contributed by atoms with E-state index in [0.29, 0.717) is 0 Å². The largest absolute Gasteiger partial charge is 1.00 e. The first-order chi connectivity index (χ1) is 3.46. The van der Waals surface area contributed by atoms with Crippen LogP contribution in [0, 0.1) is 0 Å². The number of hydrogen-bond acceptors (Lipinski definition) is 4. The molecule has 0 bridgehead atoms. The van der Waals surface area contributed by atoms with Crippen LogP contribution in [0.2, 0.25) is 0 Å². The molecule has 48 valence electrons. The predicted molar refractivity (Wildman–Crippen MR) is 16.0 cm³/mol. The molecule has 0 saturated heterocycles. The van der Waals surface area contributed by atoms with Crippen molar-refractivity contribution in [3.05, 3.63) is 0 Å². The van der Waals surface area contributed by atoms with E-state index < -0.39 is 12.3 Å². The van der Waals surface area contributed by atoms with Gasteiger partial charge in [-0.25, -0.2) is 0 Å². The topological polar surface area (TPSA) is 121 Å². The van der Waals surface area contributed by atoms with E-state index in [1.165, 1.54) is 0 Å². The third kappa shape index (κ3) is 443. The van der Waals surface area contributed by atoms with Crippen LogP contribution >= 0.6 is 0 Å². The van der Waals surface area contributed by atoms with E-state index in [-0.39, 0.29) is 80.9 Å². The van der Waals surface area contributed by atoms with Crippen LogP contribution < -0.4 is 91.2 Å². The molecule has 0 aliphatic rings. The average molecular weight is 184 g/mol. The molecule has 8 heteroatoms. The predicted octanol–water partition coefficient (Wildman–Crippen LogP) is -8.22. The third-order valence-corrected chi connectivity index (χ3v) is 0. The molecule has 0 unspecified atom stereocenters. The van der Waals surface area contributed by atoms with Gasteiger partial charge in [-0.2, -0.15) is 0 Å². The van der Waals surface area contributed by atoms with Gasteiger partial charge in [-0.3, -0.25) is 0 Å². The maximum atomic E-state index is 8.44. The van der Waals surface area contributed by atoms with Gasteiger partial charge >= 0.3 is 80.9 Å². The SMILES string of the molecule is O=C([O-])O.O=C([O-])O.[K+].[Na+]. The molecule has 10 heavy (non-hydrogen) atoms. The first-order valence-electron chi connectivity index (χ1n) is 1.26. The molecule has 0 fully saturated rings. The Bertz CT molecular complexity index is 73.7. The van der Waals surface area contributed by atoms with E-state index in [9.17, 15) is 0 Å². The summed E-state index contributed by atoms with van der Waals surface area (Å²) in [6, 6.07) is 0. The van der Waals surface area contributed by atoms with Crippen molar-refractivity contribution in [1.29, 1.82) is 0 Å². The van der Waals surface area contributed by atoms with Crippen LogP contribution in [0.5, 0.6) is 0 Å². The minimum atomic E-state index is -2.08. The quantitative estimate of drug-likeness (QED) is 0.360. The molecule has 0 radical (unpaired) electrons. The maximum Gasteiger partial charge on any atom is 1.00 e. The second-order valence-corrected chi connectivity index (χ2v) is 0.532. The Hall–Kier alpha value is 1.18. The van der Waals surface area contributed by atoms with Crippen LogP contribution in [0.15, 0.2) is 0 Å². The summed E-state index contributed by atoms with van der Waals surface area (Å²) in [5.74, 6) is 0. The molecule has 0 aromatic carbocycles. The number of hydrogen-bond donors (Lipinski definition) is 2. The van der Waals surface area contributed by atoms with E-state index in [0.717, 1.165) is 0 Å². The van der Waals surface area contributed by atoms with E-state index in [1.54, 1.807) is 0 Å². The van der Waals surface area contributed by atoms with Crippen LogP contribution in [0.4, 0.5) is 9.59 Å². The van der Waals surface area contributed by atoms with Crippen molar-refractivity contribution < 1.29 is 111 Å². The van der Waals surface area contributed by atoms with Gasteiger partial charge in [-0.05, 0) is 0 Å². The summed E-state index contributed by atoms with van der Waals surface area (Å²) in [7, 11) is 0. The van der Waals surface area contributed by atoms with Crippen molar-refractivity contribution in [3.63, 3.8) is 0 Å².